The summed E-state index contributed by atoms with van der Waals surface area (Å²) in [6, 6.07) is 0.160. The van der Waals surface area contributed by atoms with Crippen molar-refractivity contribution in [2.45, 2.75) is 71.3 Å². The van der Waals surface area contributed by atoms with Crippen LogP contribution in [0.15, 0.2) is 5.10 Å². The fourth-order valence-electron chi connectivity index (χ4n) is 2.32. The number of carbonyl (C=O) groups excluding carboxylic acids is 2. The van der Waals surface area contributed by atoms with E-state index in [2.05, 4.69) is 29.7 Å². The minimum Gasteiger partial charge on any atom is -0.345 e. The van der Waals surface area contributed by atoms with Crippen molar-refractivity contribution in [3.63, 3.8) is 0 Å². The van der Waals surface area contributed by atoms with Gasteiger partial charge in [-0.15, -0.1) is 0 Å². The lowest BCUT2D eigenvalue weighted by Gasteiger charge is -2.10. The van der Waals surface area contributed by atoms with Crippen molar-refractivity contribution in [3.05, 3.63) is 0 Å². The van der Waals surface area contributed by atoms with Crippen LogP contribution in [0.3, 0.4) is 0 Å². The van der Waals surface area contributed by atoms with Gasteiger partial charge in [0.15, 0.2) is 0 Å². The van der Waals surface area contributed by atoms with Crippen LogP contribution in [0.2, 0.25) is 0 Å². The van der Waals surface area contributed by atoms with Crippen LogP contribution < -0.4 is 10.7 Å². The lowest BCUT2D eigenvalue weighted by Crippen LogP contribution is -2.42. The number of nitrogens with zero attached hydrogens (tertiary/aromatic N) is 1. The van der Waals surface area contributed by atoms with Crippen LogP contribution in [0.4, 0.5) is 0 Å². The Bertz CT molecular complexity index is 326. The van der Waals surface area contributed by atoms with Gasteiger partial charge < -0.3 is 5.32 Å². The molecule has 0 radical (unpaired) electrons. The summed E-state index contributed by atoms with van der Waals surface area (Å²) in [4.78, 5) is 23.2. The van der Waals surface area contributed by atoms with E-state index in [1.165, 1.54) is 0 Å². The lowest BCUT2D eigenvalue weighted by atomic mass is 10.1. The number of hydrogen-bond donors (Lipinski definition) is 2. The summed E-state index contributed by atoms with van der Waals surface area (Å²) in [7, 11) is 0. The fraction of sp³-hybridized carbons (Fsp3) is 0.786. The first-order valence-corrected chi connectivity index (χ1v) is 7.33. The molecule has 0 saturated heterocycles. The predicted octanol–water partition coefficient (Wildman–Crippen LogP) is 2.12. The molecule has 0 heterocycles. The van der Waals surface area contributed by atoms with Gasteiger partial charge in [0, 0.05) is 11.8 Å². The first-order chi connectivity index (χ1) is 9.17. The monoisotopic (exact) mass is 267 g/mol. The van der Waals surface area contributed by atoms with E-state index in [4.69, 9.17) is 0 Å². The van der Waals surface area contributed by atoms with E-state index in [1.807, 2.05) is 0 Å². The van der Waals surface area contributed by atoms with Crippen molar-refractivity contribution < 1.29 is 9.59 Å². The average Bonchev–Trinajstić information content (AvgIpc) is 2.89. The van der Waals surface area contributed by atoms with E-state index in [0.717, 1.165) is 57.1 Å². The van der Waals surface area contributed by atoms with Crippen LogP contribution in [-0.4, -0.2) is 23.6 Å². The molecular formula is C14H25N3O2. The molecular weight excluding hydrogens is 242 g/mol. The first-order valence-electron chi connectivity index (χ1n) is 7.33. The minimum absolute atomic E-state index is 0.160. The summed E-state index contributed by atoms with van der Waals surface area (Å²) in [6.45, 7) is 4.14. The second-order valence-corrected chi connectivity index (χ2v) is 5.07. The normalized spacial score (nSPS) is 15.1. The van der Waals surface area contributed by atoms with Crippen LogP contribution in [0.25, 0.3) is 0 Å². The van der Waals surface area contributed by atoms with Crippen molar-refractivity contribution in [1.82, 2.24) is 10.7 Å². The third-order valence-corrected chi connectivity index (χ3v) is 3.29. The zero-order valence-electron chi connectivity index (χ0n) is 12.0. The van der Waals surface area contributed by atoms with Crippen molar-refractivity contribution in [2.24, 2.45) is 5.10 Å². The van der Waals surface area contributed by atoms with E-state index in [1.54, 1.807) is 0 Å². The SMILES string of the molecule is CCCC(CCC)=NNC(=O)C(=O)NC1CCCC1. The molecule has 1 saturated carbocycles. The highest BCUT2D eigenvalue weighted by atomic mass is 16.2. The molecule has 1 fully saturated rings. The Labute approximate surface area is 115 Å². The van der Waals surface area contributed by atoms with Gasteiger partial charge in [0.05, 0.1) is 0 Å². The molecule has 1 aliphatic rings. The van der Waals surface area contributed by atoms with Crippen molar-refractivity contribution in [1.29, 1.82) is 0 Å². The Morgan fingerprint density at radius 2 is 1.63 bits per heavy atom. The molecule has 0 aromatic heterocycles. The summed E-state index contributed by atoms with van der Waals surface area (Å²) in [5.74, 6) is -1.22. The summed E-state index contributed by atoms with van der Waals surface area (Å²) in [5.41, 5.74) is 3.31. The largest absolute Gasteiger partial charge is 0.345 e. The highest BCUT2D eigenvalue weighted by Gasteiger charge is 2.21. The van der Waals surface area contributed by atoms with E-state index in [-0.39, 0.29) is 6.04 Å². The van der Waals surface area contributed by atoms with E-state index >= 15 is 0 Å². The first kappa shape index (κ1) is 15.7. The molecule has 108 valence electrons. The quantitative estimate of drug-likeness (QED) is 0.439. The summed E-state index contributed by atoms with van der Waals surface area (Å²) in [6.07, 6.45) is 7.89. The van der Waals surface area contributed by atoms with Crippen LogP contribution >= 0.6 is 0 Å². The topological polar surface area (TPSA) is 70.6 Å². The van der Waals surface area contributed by atoms with E-state index in [0.29, 0.717) is 0 Å². The van der Waals surface area contributed by atoms with Gasteiger partial charge in [0.1, 0.15) is 0 Å². The molecule has 2 N–H and O–H groups in total. The fourth-order valence-corrected chi connectivity index (χ4v) is 2.32. The Morgan fingerprint density at radius 3 is 2.16 bits per heavy atom. The Morgan fingerprint density at radius 1 is 1.05 bits per heavy atom. The highest BCUT2D eigenvalue weighted by Crippen LogP contribution is 2.17. The van der Waals surface area contributed by atoms with Gasteiger partial charge in [0.25, 0.3) is 0 Å². The Kier molecular flexibility index (Phi) is 7.15. The number of nitrogens with one attached hydrogen (secondary N) is 2. The molecule has 0 atom stereocenters. The van der Waals surface area contributed by atoms with Crippen molar-refractivity contribution in [2.75, 3.05) is 0 Å². The van der Waals surface area contributed by atoms with E-state index in [9.17, 15) is 9.59 Å². The Balaban J connectivity index is 2.38. The van der Waals surface area contributed by atoms with Gasteiger partial charge in [0.2, 0.25) is 0 Å². The molecule has 0 unspecified atom stereocenters. The third-order valence-electron chi connectivity index (χ3n) is 3.29. The minimum atomic E-state index is -0.656. The smallest absolute Gasteiger partial charge is 0.329 e. The number of carbonyl (C=O) groups is 2. The summed E-state index contributed by atoms with van der Waals surface area (Å²) >= 11 is 0. The molecule has 5 heteroatoms. The predicted molar refractivity (Wildman–Crippen MR) is 75.8 cm³/mol. The Hall–Kier alpha value is -1.39. The van der Waals surface area contributed by atoms with Gasteiger partial charge in [-0.1, -0.05) is 39.5 Å². The maximum Gasteiger partial charge on any atom is 0.329 e. The lowest BCUT2D eigenvalue weighted by molar-refractivity contribution is -0.139. The van der Waals surface area contributed by atoms with Gasteiger partial charge in [-0.2, -0.15) is 5.10 Å². The molecule has 5 nitrogen and oxygen atoms in total. The van der Waals surface area contributed by atoms with Crippen molar-refractivity contribution >= 4 is 17.5 Å². The van der Waals surface area contributed by atoms with Gasteiger partial charge in [-0.05, 0) is 25.7 Å². The number of hydrazone groups is 1. The molecule has 1 aliphatic carbocycles. The van der Waals surface area contributed by atoms with Gasteiger partial charge in [-0.3, -0.25) is 9.59 Å². The zero-order chi connectivity index (χ0) is 14.1. The van der Waals surface area contributed by atoms with Crippen LogP contribution in [0.1, 0.15) is 65.2 Å². The average molecular weight is 267 g/mol. The molecule has 0 aromatic carbocycles. The van der Waals surface area contributed by atoms with E-state index < -0.39 is 11.8 Å². The van der Waals surface area contributed by atoms with Gasteiger partial charge in [-0.25, -0.2) is 5.43 Å². The van der Waals surface area contributed by atoms with Crippen LogP contribution in [0, 0.1) is 0 Å². The zero-order valence-corrected chi connectivity index (χ0v) is 12.0. The third kappa shape index (κ3) is 5.85. The summed E-state index contributed by atoms with van der Waals surface area (Å²) < 4.78 is 0. The molecule has 0 bridgehead atoms. The molecule has 2 amide bonds. The highest BCUT2D eigenvalue weighted by molar-refractivity contribution is 6.35. The van der Waals surface area contributed by atoms with Crippen LogP contribution in [0.5, 0.6) is 0 Å². The molecule has 19 heavy (non-hydrogen) atoms. The summed E-state index contributed by atoms with van der Waals surface area (Å²) in [5, 5.41) is 6.80. The maximum atomic E-state index is 11.6. The van der Waals surface area contributed by atoms with Gasteiger partial charge >= 0.3 is 11.8 Å². The number of amides is 2. The second kappa shape index (κ2) is 8.67. The number of hydrogen-bond acceptors (Lipinski definition) is 3. The molecule has 1 rings (SSSR count). The number of rotatable bonds is 6. The molecule has 0 aromatic rings. The maximum absolute atomic E-state index is 11.6. The standard InChI is InChI=1S/C14H25N3O2/c1-3-7-12(8-4-2)16-17-14(19)13(18)15-11-9-5-6-10-11/h11H,3-10H2,1-2H3,(H,15,18)(H,17,19). The van der Waals surface area contributed by atoms with Crippen LogP contribution in [-0.2, 0) is 9.59 Å². The molecule has 0 aliphatic heterocycles. The molecule has 0 spiro atoms. The van der Waals surface area contributed by atoms with Crippen molar-refractivity contribution in [3.8, 4) is 0 Å². The second-order valence-electron chi connectivity index (χ2n) is 5.07.